The summed E-state index contributed by atoms with van der Waals surface area (Å²) in [7, 11) is 3.69. The molecule has 0 fully saturated rings. The Bertz CT molecular complexity index is 583. The van der Waals surface area contributed by atoms with Gasteiger partial charge in [0.05, 0.1) is 13.2 Å². The van der Waals surface area contributed by atoms with E-state index in [9.17, 15) is 5.11 Å². The molecule has 2 aromatic carbocycles. The minimum atomic E-state index is -0.471. The Morgan fingerprint density at radius 3 is 2.62 bits per heavy atom. The third-order valence-corrected chi connectivity index (χ3v) is 3.62. The number of aliphatic hydroxyl groups excluding tert-OH is 1. The number of nitrogens with zero attached hydrogens (tertiary/aromatic N) is 1. The number of likely N-dealkylation sites (N-methyl/N-ethyl adjacent to an activating group) is 1. The molecule has 0 aliphatic carbocycles. The second kappa shape index (κ2) is 7.25. The van der Waals surface area contributed by atoms with Crippen molar-refractivity contribution >= 4 is 0 Å². The number of methoxy groups -OCH3 is 1. The Hall–Kier alpha value is -1.84. The van der Waals surface area contributed by atoms with Gasteiger partial charge < -0.3 is 9.84 Å². The van der Waals surface area contributed by atoms with Crippen LogP contribution in [0.1, 0.15) is 22.8 Å². The molecule has 2 rings (SSSR count). The maximum Gasteiger partial charge on any atom is 0.119 e. The Kier molecular flexibility index (Phi) is 5.37. The van der Waals surface area contributed by atoms with Crippen molar-refractivity contribution < 1.29 is 9.84 Å². The van der Waals surface area contributed by atoms with Gasteiger partial charge in [0.1, 0.15) is 5.75 Å². The number of aryl methyl sites for hydroxylation is 1. The number of hydrogen-bond acceptors (Lipinski definition) is 3. The van der Waals surface area contributed by atoms with E-state index < -0.39 is 6.10 Å². The van der Waals surface area contributed by atoms with Crippen LogP contribution in [-0.2, 0) is 6.54 Å². The molecular formula is C18H23NO2. The lowest BCUT2D eigenvalue weighted by Gasteiger charge is -2.22. The van der Waals surface area contributed by atoms with Crippen molar-refractivity contribution in [2.24, 2.45) is 0 Å². The normalized spacial score (nSPS) is 12.4. The highest BCUT2D eigenvalue weighted by Crippen LogP contribution is 2.19. The Morgan fingerprint density at radius 2 is 1.90 bits per heavy atom. The van der Waals surface area contributed by atoms with Crippen molar-refractivity contribution in [3.05, 3.63) is 65.2 Å². The van der Waals surface area contributed by atoms with E-state index in [1.807, 2.05) is 56.4 Å². The van der Waals surface area contributed by atoms with Crippen molar-refractivity contribution in [2.75, 3.05) is 20.7 Å². The molecule has 0 aliphatic heterocycles. The van der Waals surface area contributed by atoms with Crippen LogP contribution in [0.4, 0.5) is 0 Å². The molecule has 0 heterocycles. The van der Waals surface area contributed by atoms with E-state index in [0.717, 1.165) is 23.4 Å². The lowest BCUT2D eigenvalue weighted by Crippen LogP contribution is -2.24. The topological polar surface area (TPSA) is 32.7 Å². The fraction of sp³-hybridized carbons (Fsp3) is 0.333. The first kappa shape index (κ1) is 15.5. The molecule has 3 nitrogen and oxygen atoms in total. The SMILES string of the molecule is COc1cccc(CN(C)CC(O)c2ccccc2C)c1. The fourth-order valence-corrected chi connectivity index (χ4v) is 2.50. The lowest BCUT2D eigenvalue weighted by molar-refractivity contribution is 0.123. The highest BCUT2D eigenvalue weighted by Gasteiger charge is 2.13. The summed E-state index contributed by atoms with van der Waals surface area (Å²) in [6.07, 6.45) is -0.471. The molecule has 0 radical (unpaired) electrons. The van der Waals surface area contributed by atoms with Gasteiger partial charge in [-0.3, -0.25) is 4.90 Å². The maximum absolute atomic E-state index is 10.4. The third-order valence-electron chi connectivity index (χ3n) is 3.62. The van der Waals surface area contributed by atoms with Crippen LogP contribution in [0.2, 0.25) is 0 Å². The van der Waals surface area contributed by atoms with Gasteiger partial charge in [0.15, 0.2) is 0 Å². The van der Waals surface area contributed by atoms with Gasteiger partial charge in [-0.05, 0) is 42.8 Å². The molecule has 0 aliphatic rings. The van der Waals surface area contributed by atoms with Crippen LogP contribution in [0.15, 0.2) is 48.5 Å². The van der Waals surface area contributed by atoms with Gasteiger partial charge in [-0.1, -0.05) is 36.4 Å². The first-order chi connectivity index (χ1) is 10.1. The summed E-state index contributed by atoms with van der Waals surface area (Å²) >= 11 is 0. The van der Waals surface area contributed by atoms with Crippen LogP contribution in [0.5, 0.6) is 5.75 Å². The Balaban J connectivity index is 1.98. The quantitative estimate of drug-likeness (QED) is 0.885. The van der Waals surface area contributed by atoms with Gasteiger partial charge >= 0.3 is 0 Å². The van der Waals surface area contributed by atoms with Gasteiger partial charge in [0.2, 0.25) is 0 Å². The Morgan fingerprint density at radius 1 is 1.14 bits per heavy atom. The molecule has 0 amide bonds. The third kappa shape index (κ3) is 4.31. The molecule has 3 heteroatoms. The second-order valence-corrected chi connectivity index (χ2v) is 5.42. The van der Waals surface area contributed by atoms with E-state index in [1.165, 1.54) is 5.56 Å². The molecular weight excluding hydrogens is 262 g/mol. The molecule has 0 bridgehead atoms. The van der Waals surface area contributed by atoms with Crippen LogP contribution in [0.25, 0.3) is 0 Å². The van der Waals surface area contributed by atoms with Gasteiger partial charge in [-0.15, -0.1) is 0 Å². The van der Waals surface area contributed by atoms with Crippen LogP contribution < -0.4 is 4.74 Å². The summed E-state index contributed by atoms with van der Waals surface area (Å²) in [6.45, 7) is 3.41. The number of hydrogen-bond donors (Lipinski definition) is 1. The minimum Gasteiger partial charge on any atom is -0.497 e. The molecule has 1 atom stereocenters. The van der Waals surface area contributed by atoms with Crippen LogP contribution >= 0.6 is 0 Å². The summed E-state index contributed by atoms with van der Waals surface area (Å²) in [5, 5.41) is 10.4. The van der Waals surface area contributed by atoms with Crippen LogP contribution in [0, 0.1) is 6.92 Å². The first-order valence-corrected chi connectivity index (χ1v) is 7.15. The molecule has 21 heavy (non-hydrogen) atoms. The van der Waals surface area contributed by atoms with Gasteiger partial charge in [-0.25, -0.2) is 0 Å². The predicted molar refractivity (Wildman–Crippen MR) is 85.5 cm³/mol. The predicted octanol–water partition coefficient (Wildman–Crippen LogP) is 3.17. The van der Waals surface area contributed by atoms with E-state index in [2.05, 4.69) is 11.0 Å². The first-order valence-electron chi connectivity index (χ1n) is 7.15. The molecule has 2 aromatic rings. The summed E-state index contributed by atoms with van der Waals surface area (Å²) in [6, 6.07) is 16.0. The average molecular weight is 285 g/mol. The van der Waals surface area contributed by atoms with Gasteiger partial charge in [-0.2, -0.15) is 0 Å². The van der Waals surface area contributed by atoms with Crippen molar-refractivity contribution in [3.8, 4) is 5.75 Å². The van der Waals surface area contributed by atoms with E-state index in [-0.39, 0.29) is 0 Å². The van der Waals surface area contributed by atoms with Crippen molar-refractivity contribution in [3.63, 3.8) is 0 Å². The molecule has 0 saturated carbocycles. The van der Waals surface area contributed by atoms with Crippen molar-refractivity contribution in [2.45, 2.75) is 19.6 Å². The standard InChI is InChI=1S/C18H23NO2/c1-14-7-4-5-10-17(14)18(20)13-19(2)12-15-8-6-9-16(11-15)21-3/h4-11,18,20H,12-13H2,1-3H3. The number of ether oxygens (including phenoxy) is 1. The molecule has 112 valence electrons. The Labute approximate surface area is 126 Å². The maximum atomic E-state index is 10.4. The summed E-state index contributed by atoms with van der Waals surface area (Å²) in [4.78, 5) is 2.12. The number of rotatable bonds is 6. The monoisotopic (exact) mass is 285 g/mol. The fourth-order valence-electron chi connectivity index (χ4n) is 2.50. The lowest BCUT2D eigenvalue weighted by atomic mass is 10.0. The zero-order valence-electron chi connectivity index (χ0n) is 12.9. The molecule has 0 spiro atoms. The van der Waals surface area contributed by atoms with Gasteiger partial charge in [0.25, 0.3) is 0 Å². The molecule has 1 unspecified atom stereocenters. The smallest absolute Gasteiger partial charge is 0.119 e. The summed E-state index contributed by atoms with van der Waals surface area (Å²) < 4.78 is 5.23. The van der Waals surface area contributed by atoms with Crippen LogP contribution in [0.3, 0.4) is 0 Å². The van der Waals surface area contributed by atoms with Crippen LogP contribution in [-0.4, -0.2) is 30.7 Å². The zero-order valence-corrected chi connectivity index (χ0v) is 12.9. The van der Waals surface area contributed by atoms with Crippen molar-refractivity contribution in [1.82, 2.24) is 4.90 Å². The minimum absolute atomic E-state index is 0.471. The highest BCUT2D eigenvalue weighted by molar-refractivity contribution is 5.29. The van der Waals surface area contributed by atoms with E-state index in [1.54, 1.807) is 7.11 Å². The van der Waals surface area contributed by atoms with Crippen molar-refractivity contribution in [1.29, 1.82) is 0 Å². The number of benzene rings is 2. The second-order valence-electron chi connectivity index (χ2n) is 5.42. The average Bonchev–Trinajstić information content (AvgIpc) is 2.47. The largest absolute Gasteiger partial charge is 0.497 e. The van der Waals surface area contributed by atoms with E-state index in [4.69, 9.17) is 4.74 Å². The molecule has 1 N–H and O–H groups in total. The molecule has 0 aromatic heterocycles. The summed E-state index contributed by atoms with van der Waals surface area (Å²) in [5.41, 5.74) is 3.30. The number of aliphatic hydroxyl groups is 1. The molecule has 0 saturated heterocycles. The van der Waals surface area contributed by atoms with E-state index >= 15 is 0 Å². The van der Waals surface area contributed by atoms with E-state index in [0.29, 0.717) is 6.54 Å². The zero-order chi connectivity index (χ0) is 15.2. The van der Waals surface area contributed by atoms with Gasteiger partial charge in [0, 0.05) is 13.1 Å². The highest BCUT2D eigenvalue weighted by atomic mass is 16.5. The summed E-state index contributed by atoms with van der Waals surface area (Å²) in [5.74, 6) is 0.861.